The molecule has 0 aliphatic carbocycles. The van der Waals surface area contributed by atoms with E-state index in [2.05, 4.69) is 18.8 Å². The minimum absolute atomic E-state index is 0.307. The largest absolute Gasteiger partial charge is 0.478 e. The highest BCUT2D eigenvalue weighted by Gasteiger charge is 2.03. The molecule has 0 aliphatic heterocycles. The predicted octanol–water partition coefficient (Wildman–Crippen LogP) is 3.26. The number of pyridine rings is 1. The molecular formula is C17H17NO3. The van der Waals surface area contributed by atoms with Crippen LogP contribution < -0.4 is 5.56 Å². The van der Waals surface area contributed by atoms with Crippen LogP contribution in [0.15, 0.2) is 47.3 Å². The lowest BCUT2D eigenvalue weighted by atomic mass is 10.0. The van der Waals surface area contributed by atoms with Gasteiger partial charge in [-0.3, -0.25) is 4.79 Å². The number of rotatable bonds is 4. The van der Waals surface area contributed by atoms with Gasteiger partial charge in [-0.1, -0.05) is 38.1 Å². The maximum Gasteiger partial charge on any atom is 0.328 e. The normalized spacial score (nSPS) is 11.2. The summed E-state index contributed by atoms with van der Waals surface area (Å²) in [6.07, 6.45) is 2.23. The van der Waals surface area contributed by atoms with Crippen LogP contribution in [0.4, 0.5) is 0 Å². The average Bonchev–Trinajstić information content (AvgIpc) is 2.46. The molecule has 0 atom stereocenters. The third-order valence-corrected chi connectivity index (χ3v) is 3.23. The van der Waals surface area contributed by atoms with E-state index in [1.165, 1.54) is 11.6 Å². The molecule has 0 saturated carbocycles. The SMILES string of the molecule is CC(C)c1ccc(-c2ccc(/C=C/C(=O)O)c(=O)[nH]2)cc1. The number of carboxylic acid groups (broad SMARTS) is 1. The molecule has 4 heteroatoms. The Kier molecular flexibility index (Phi) is 4.38. The van der Waals surface area contributed by atoms with E-state index in [0.717, 1.165) is 11.6 Å². The Bertz CT molecular complexity index is 724. The minimum atomic E-state index is -1.08. The zero-order chi connectivity index (χ0) is 15.4. The third-order valence-electron chi connectivity index (χ3n) is 3.23. The van der Waals surface area contributed by atoms with E-state index < -0.39 is 5.97 Å². The molecular weight excluding hydrogens is 266 g/mol. The van der Waals surface area contributed by atoms with Crippen molar-refractivity contribution < 1.29 is 9.90 Å². The lowest BCUT2D eigenvalue weighted by Gasteiger charge is -2.07. The van der Waals surface area contributed by atoms with Crippen molar-refractivity contribution in [1.82, 2.24) is 4.98 Å². The number of benzene rings is 1. The summed E-state index contributed by atoms with van der Waals surface area (Å²) in [4.78, 5) is 25.1. The van der Waals surface area contributed by atoms with Gasteiger partial charge in [-0.2, -0.15) is 0 Å². The molecule has 0 aliphatic rings. The standard InChI is InChI=1S/C17H17NO3/c1-11(2)12-3-5-13(6-4-12)15-9-7-14(17(21)18-15)8-10-16(19)20/h3-11H,1-2H3,(H,18,21)(H,19,20)/b10-8+. The molecule has 0 bridgehead atoms. The van der Waals surface area contributed by atoms with Gasteiger partial charge < -0.3 is 10.1 Å². The van der Waals surface area contributed by atoms with Crippen molar-refractivity contribution in [2.75, 3.05) is 0 Å². The van der Waals surface area contributed by atoms with Gasteiger partial charge in [-0.05, 0) is 35.3 Å². The Morgan fingerprint density at radius 2 is 1.81 bits per heavy atom. The van der Waals surface area contributed by atoms with Gasteiger partial charge in [-0.15, -0.1) is 0 Å². The fourth-order valence-electron chi connectivity index (χ4n) is 1.99. The lowest BCUT2D eigenvalue weighted by molar-refractivity contribution is -0.131. The first-order chi connectivity index (χ1) is 9.97. The monoisotopic (exact) mass is 283 g/mol. The molecule has 4 nitrogen and oxygen atoms in total. The maximum absolute atomic E-state index is 11.9. The molecule has 0 amide bonds. The van der Waals surface area contributed by atoms with Crippen LogP contribution in [0, 0.1) is 0 Å². The Labute approximate surface area is 122 Å². The summed E-state index contributed by atoms with van der Waals surface area (Å²) < 4.78 is 0. The Morgan fingerprint density at radius 1 is 1.14 bits per heavy atom. The van der Waals surface area contributed by atoms with Gasteiger partial charge >= 0.3 is 5.97 Å². The van der Waals surface area contributed by atoms with Gasteiger partial charge in [0.25, 0.3) is 5.56 Å². The number of carbonyl (C=O) groups is 1. The van der Waals surface area contributed by atoms with E-state index in [0.29, 0.717) is 17.2 Å². The molecule has 1 aromatic heterocycles. The van der Waals surface area contributed by atoms with Crippen molar-refractivity contribution in [2.24, 2.45) is 0 Å². The second-order valence-electron chi connectivity index (χ2n) is 5.10. The van der Waals surface area contributed by atoms with Crippen LogP contribution in [0.5, 0.6) is 0 Å². The minimum Gasteiger partial charge on any atom is -0.478 e. The molecule has 2 rings (SSSR count). The highest BCUT2D eigenvalue weighted by Crippen LogP contribution is 2.20. The van der Waals surface area contributed by atoms with Crippen molar-refractivity contribution in [3.8, 4) is 11.3 Å². The van der Waals surface area contributed by atoms with Crippen molar-refractivity contribution in [2.45, 2.75) is 19.8 Å². The number of hydrogen-bond donors (Lipinski definition) is 2. The third kappa shape index (κ3) is 3.69. The Balaban J connectivity index is 2.31. The van der Waals surface area contributed by atoms with Gasteiger partial charge in [0.1, 0.15) is 0 Å². The molecule has 2 N–H and O–H groups in total. The van der Waals surface area contributed by atoms with Crippen molar-refractivity contribution in [3.63, 3.8) is 0 Å². The van der Waals surface area contributed by atoms with Crippen LogP contribution >= 0.6 is 0 Å². The van der Waals surface area contributed by atoms with E-state index in [1.807, 2.05) is 24.3 Å². The molecule has 2 aromatic rings. The van der Waals surface area contributed by atoms with Crippen LogP contribution in [-0.4, -0.2) is 16.1 Å². The van der Waals surface area contributed by atoms with Crippen LogP contribution in [0.25, 0.3) is 17.3 Å². The van der Waals surface area contributed by atoms with Crippen LogP contribution in [0.3, 0.4) is 0 Å². The molecule has 0 unspecified atom stereocenters. The van der Waals surface area contributed by atoms with Gasteiger partial charge in [0.05, 0.1) is 0 Å². The number of aromatic amines is 1. The molecule has 0 radical (unpaired) electrons. The quantitative estimate of drug-likeness (QED) is 0.846. The number of H-pyrrole nitrogens is 1. The fraction of sp³-hybridized carbons (Fsp3) is 0.176. The van der Waals surface area contributed by atoms with Gasteiger partial charge in [0.15, 0.2) is 0 Å². The molecule has 1 aromatic carbocycles. The first-order valence-corrected chi connectivity index (χ1v) is 6.72. The number of aromatic nitrogens is 1. The van der Waals surface area contributed by atoms with Crippen LogP contribution in [0.2, 0.25) is 0 Å². The molecule has 21 heavy (non-hydrogen) atoms. The molecule has 0 spiro atoms. The van der Waals surface area contributed by atoms with E-state index in [-0.39, 0.29) is 5.56 Å². The molecule has 0 saturated heterocycles. The van der Waals surface area contributed by atoms with Crippen molar-refractivity contribution in [3.05, 3.63) is 64.0 Å². The predicted molar refractivity (Wildman–Crippen MR) is 83.3 cm³/mol. The molecule has 0 fully saturated rings. The van der Waals surface area contributed by atoms with Gasteiger partial charge in [-0.25, -0.2) is 4.79 Å². The Hall–Kier alpha value is -2.62. The molecule has 1 heterocycles. The first-order valence-electron chi connectivity index (χ1n) is 6.72. The summed E-state index contributed by atoms with van der Waals surface area (Å²) >= 11 is 0. The summed E-state index contributed by atoms with van der Waals surface area (Å²) in [6, 6.07) is 11.4. The lowest BCUT2D eigenvalue weighted by Crippen LogP contribution is -2.09. The summed E-state index contributed by atoms with van der Waals surface area (Å²) in [7, 11) is 0. The van der Waals surface area contributed by atoms with Crippen molar-refractivity contribution >= 4 is 12.0 Å². The maximum atomic E-state index is 11.9. The summed E-state index contributed by atoms with van der Waals surface area (Å²) in [5, 5.41) is 8.57. The van der Waals surface area contributed by atoms with E-state index >= 15 is 0 Å². The van der Waals surface area contributed by atoms with E-state index in [4.69, 9.17) is 5.11 Å². The topological polar surface area (TPSA) is 70.2 Å². The van der Waals surface area contributed by atoms with E-state index in [9.17, 15) is 9.59 Å². The van der Waals surface area contributed by atoms with E-state index in [1.54, 1.807) is 12.1 Å². The van der Waals surface area contributed by atoms with Gasteiger partial charge in [0, 0.05) is 17.3 Å². The number of aliphatic carboxylic acids is 1. The van der Waals surface area contributed by atoms with Crippen LogP contribution in [0.1, 0.15) is 30.9 Å². The summed E-state index contributed by atoms with van der Waals surface area (Å²) in [6.45, 7) is 4.25. The fourth-order valence-corrected chi connectivity index (χ4v) is 1.99. The average molecular weight is 283 g/mol. The summed E-state index contributed by atoms with van der Waals surface area (Å²) in [5.41, 5.74) is 2.88. The van der Waals surface area contributed by atoms with Gasteiger partial charge in [0.2, 0.25) is 0 Å². The number of carboxylic acids is 1. The molecule has 108 valence electrons. The number of nitrogens with one attached hydrogen (secondary N) is 1. The van der Waals surface area contributed by atoms with Crippen LogP contribution in [-0.2, 0) is 4.79 Å². The second kappa shape index (κ2) is 6.22. The smallest absolute Gasteiger partial charge is 0.328 e. The first kappa shape index (κ1) is 14.8. The zero-order valence-electron chi connectivity index (χ0n) is 12.0. The second-order valence-corrected chi connectivity index (χ2v) is 5.10. The zero-order valence-corrected chi connectivity index (χ0v) is 12.0. The summed E-state index contributed by atoms with van der Waals surface area (Å²) in [5.74, 6) is -0.621. The Morgan fingerprint density at radius 3 is 2.33 bits per heavy atom. The van der Waals surface area contributed by atoms with Crippen molar-refractivity contribution in [1.29, 1.82) is 0 Å². The highest BCUT2D eigenvalue weighted by molar-refractivity contribution is 5.85. The highest BCUT2D eigenvalue weighted by atomic mass is 16.4. The number of hydrogen-bond acceptors (Lipinski definition) is 2.